The summed E-state index contributed by atoms with van der Waals surface area (Å²) in [5.74, 6) is -9.48. The molecule has 2 heterocycles. The van der Waals surface area contributed by atoms with Crippen LogP contribution in [0.25, 0.3) is 0 Å². The van der Waals surface area contributed by atoms with Crippen molar-refractivity contribution in [2.24, 2.45) is 0 Å². The number of hydrogen-bond acceptors (Lipinski definition) is 11. The Bertz CT molecular complexity index is 2100. The van der Waals surface area contributed by atoms with E-state index in [1.165, 1.54) is 19.1 Å². The molecule has 2 aliphatic rings. The number of imide groups is 1. The average Bonchev–Trinajstić information content (AvgIpc) is 3.11. The third-order valence-corrected chi connectivity index (χ3v) is 9.69. The lowest BCUT2D eigenvalue weighted by Gasteiger charge is -2.34. The third-order valence-electron chi connectivity index (χ3n) is 8.72. The zero-order valence-electron chi connectivity index (χ0n) is 28.1. The number of halogens is 1. The monoisotopic (exact) mass is 771 g/mol. The second-order valence-electron chi connectivity index (χ2n) is 12.2. The summed E-state index contributed by atoms with van der Waals surface area (Å²) < 4.78 is 31.2. The van der Waals surface area contributed by atoms with Crippen molar-refractivity contribution in [1.82, 2.24) is 25.8 Å². The molecule has 6 amide bonds. The summed E-state index contributed by atoms with van der Waals surface area (Å²) in [5, 5.41) is 46.4. The summed E-state index contributed by atoms with van der Waals surface area (Å²) in [6.45, 7) is 0.601. The number of nitrogens with zero attached hydrogens (tertiary/aromatic N) is 2. The number of nitrogens with one attached hydrogen (secondary N) is 3. The molecule has 1 saturated heterocycles. The molecule has 3 aromatic rings. The molecule has 54 heavy (non-hydrogen) atoms. The standard InChI is InChI=1S/C32H32BFN5O14P/c1-15-19(7-9-21(40)25(15)41)27(42)35-10-11-38-12-13-39(30(45)29(38)44)32(48)37-24(16-2-5-18(6-3-16)54(50,51)52)28(43)36-22-14-17-4-8-20(34)23(31(46)47)26(17)53-33(22)49/h2-9,22,24,40-41,49H,10-14H2,1H3,(H,35,42)(H,36,43)(H,37,48)(H,46,47)(H2,50,51,52)/t22-,24?/m0/s1. The van der Waals surface area contributed by atoms with Crippen LogP contribution in [0.3, 0.4) is 0 Å². The number of phenolic OH excluding ortho intramolecular Hbond substituents is 2. The van der Waals surface area contributed by atoms with Crippen LogP contribution < -0.4 is 25.9 Å². The maximum absolute atomic E-state index is 14.2. The highest BCUT2D eigenvalue weighted by molar-refractivity contribution is 7.60. The lowest BCUT2D eigenvalue weighted by atomic mass is 9.72. The number of aromatic hydroxyl groups is 2. The molecule has 0 aromatic heterocycles. The molecule has 5 rings (SSSR count). The quantitative estimate of drug-likeness (QED) is 0.0520. The van der Waals surface area contributed by atoms with E-state index in [4.69, 9.17) is 4.65 Å². The Morgan fingerprint density at radius 2 is 1.70 bits per heavy atom. The number of fused-ring (bicyclic) bond motifs is 1. The first-order valence-corrected chi connectivity index (χ1v) is 17.6. The van der Waals surface area contributed by atoms with Crippen molar-refractivity contribution in [2.45, 2.75) is 25.3 Å². The molecule has 284 valence electrons. The Labute approximate surface area is 304 Å². The fraction of sp³-hybridized carbons (Fsp3) is 0.250. The fourth-order valence-electron chi connectivity index (χ4n) is 5.80. The minimum absolute atomic E-state index is 0.0507. The molecule has 0 spiro atoms. The normalized spacial score (nSPS) is 16.2. The number of aromatic carboxylic acids is 1. The van der Waals surface area contributed by atoms with Crippen LogP contribution in [-0.4, -0.2) is 115 Å². The summed E-state index contributed by atoms with van der Waals surface area (Å²) in [4.78, 5) is 98.0. The van der Waals surface area contributed by atoms with Gasteiger partial charge in [-0.2, -0.15) is 0 Å². The van der Waals surface area contributed by atoms with E-state index in [2.05, 4.69) is 16.0 Å². The average molecular weight is 771 g/mol. The number of urea groups is 1. The Hall–Kier alpha value is -6.02. The van der Waals surface area contributed by atoms with Gasteiger partial charge in [0.25, 0.3) is 5.91 Å². The Morgan fingerprint density at radius 1 is 1.02 bits per heavy atom. The first kappa shape index (κ1) is 39.2. The van der Waals surface area contributed by atoms with E-state index in [-0.39, 0.29) is 54.9 Å². The molecule has 2 atom stereocenters. The van der Waals surface area contributed by atoms with E-state index in [1.54, 1.807) is 0 Å². The van der Waals surface area contributed by atoms with E-state index in [1.807, 2.05) is 0 Å². The topological polar surface area (TPSA) is 293 Å². The highest BCUT2D eigenvalue weighted by atomic mass is 31.2. The molecular formula is C32H32BFN5O14P. The minimum atomic E-state index is -4.72. The van der Waals surface area contributed by atoms with Crippen molar-refractivity contribution in [1.29, 1.82) is 0 Å². The van der Waals surface area contributed by atoms with Gasteiger partial charge in [-0.1, -0.05) is 18.2 Å². The first-order chi connectivity index (χ1) is 25.4. The van der Waals surface area contributed by atoms with Crippen LogP contribution in [0.1, 0.15) is 43.4 Å². The number of carboxylic acid groups (broad SMARTS) is 1. The van der Waals surface area contributed by atoms with Gasteiger partial charge in [-0.05, 0) is 54.8 Å². The molecular weight excluding hydrogens is 739 g/mol. The van der Waals surface area contributed by atoms with Gasteiger partial charge in [0.2, 0.25) is 5.91 Å². The molecule has 0 aliphatic carbocycles. The van der Waals surface area contributed by atoms with E-state index >= 15 is 0 Å². The molecule has 0 radical (unpaired) electrons. The van der Waals surface area contributed by atoms with Gasteiger partial charge in [0.15, 0.2) is 11.5 Å². The summed E-state index contributed by atoms with van der Waals surface area (Å²) >= 11 is 0. The minimum Gasteiger partial charge on any atom is -0.534 e. The number of carbonyl (C=O) groups is 6. The Kier molecular flexibility index (Phi) is 11.3. The highest BCUT2D eigenvalue weighted by Crippen LogP contribution is 2.34. The molecule has 22 heteroatoms. The van der Waals surface area contributed by atoms with Gasteiger partial charge in [0, 0.05) is 37.3 Å². The molecule has 1 unspecified atom stereocenters. The third kappa shape index (κ3) is 8.13. The van der Waals surface area contributed by atoms with Crippen LogP contribution in [0.4, 0.5) is 9.18 Å². The smallest absolute Gasteiger partial charge is 0.534 e. The Balaban J connectivity index is 1.28. The fourth-order valence-corrected chi connectivity index (χ4v) is 6.34. The van der Waals surface area contributed by atoms with Crippen LogP contribution in [-0.2, 0) is 25.4 Å². The number of amides is 6. The van der Waals surface area contributed by atoms with Gasteiger partial charge in [0.1, 0.15) is 23.2 Å². The van der Waals surface area contributed by atoms with Crippen LogP contribution in [0, 0.1) is 12.7 Å². The summed E-state index contributed by atoms with van der Waals surface area (Å²) in [6, 6.07) is 5.78. The molecule has 2 aliphatic heterocycles. The number of piperazine rings is 1. The van der Waals surface area contributed by atoms with Crippen molar-refractivity contribution in [3.63, 3.8) is 0 Å². The van der Waals surface area contributed by atoms with Gasteiger partial charge >= 0.3 is 38.5 Å². The second-order valence-corrected chi connectivity index (χ2v) is 13.8. The molecule has 19 nitrogen and oxygen atoms in total. The van der Waals surface area contributed by atoms with Crippen LogP contribution in [0.2, 0.25) is 0 Å². The molecule has 0 bridgehead atoms. The van der Waals surface area contributed by atoms with Gasteiger partial charge < -0.3 is 55.6 Å². The maximum Gasteiger partial charge on any atom is 0.547 e. The van der Waals surface area contributed by atoms with Crippen molar-refractivity contribution >= 4 is 55.6 Å². The maximum atomic E-state index is 14.2. The summed E-state index contributed by atoms with van der Waals surface area (Å²) in [6.07, 6.45) is -0.257. The van der Waals surface area contributed by atoms with Gasteiger partial charge in [-0.25, -0.2) is 14.0 Å². The first-order valence-electron chi connectivity index (χ1n) is 16.0. The van der Waals surface area contributed by atoms with Crippen LogP contribution >= 0.6 is 7.60 Å². The molecule has 0 saturated carbocycles. The predicted octanol–water partition coefficient (Wildman–Crippen LogP) is -0.962. The highest BCUT2D eigenvalue weighted by Gasteiger charge is 2.42. The molecule has 1 fully saturated rings. The van der Waals surface area contributed by atoms with Gasteiger partial charge in [-0.3, -0.25) is 28.6 Å². The van der Waals surface area contributed by atoms with Gasteiger partial charge in [0.05, 0.1) is 11.2 Å². The number of carbonyl (C=O) groups excluding carboxylic acids is 5. The lowest BCUT2D eigenvalue weighted by molar-refractivity contribution is -0.153. The van der Waals surface area contributed by atoms with Crippen LogP contribution in [0.5, 0.6) is 17.2 Å². The Morgan fingerprint density at radius 3 is 2.35 bits per heavy atom. The van der Waals surface area contributed by atoms with E-state index in [0.29, 0.717) is 4.90 Å². The van der Waals surface area contributed by atoms with Crippen molar-refractivity contribution in [3.8, 4) is 17.2 Å². The summed E-state index contributed by atoms with van der Waals surface area (Å²) in [7, 11) is -6.62. The van der Waals surface area contributed by atoms with E-state index < -0.39 is 96.3 Å². The number of rotatable bonds is 10. The number of hydrogen-bond donors (Lipinski definition) is 9. The molecule has 9 N–H and O–H groups in total. The van der Waals surface area contributed by atoms with E-state index in [0.717, 1.165) is 41.3 Å². The number of benzene rings is 3. The largest absolute Gasteiger partial charge is 0.547 e. The van der Waals surface area contributed by atoms with Gasteiger partial charge in [-0.15, -0.1) is 0 Å². The van der Waals surface area contributed by atoms with Crippen LogP contribution in [0.15, 0.2) is 48.5 Å². The zero-order chi connectivity index (χ0) is 39.6. The lowest BCUT2D eigenvalue weighted by Crippen LogP contribution is -2.60. The summed E-state index contributed by atoms with van der Waals surface area (Å²) in [5.41, 5.74) is -0.594. The zero-order valence-corrected chi connectivity index (χ0v) is 28.9. The van der Waals surface area contributed by atoms with E-state index in [9.17, 15) is 67.9 Å². The SMILES string of the molecule is Cc1c(C(=O)NCCN2CCN(C(=O)NC(C(=O)N[C@H]3Cc4ccc(F)c(C(=O)O)c4OB3O)c3ccc(P(=O)(O)O)cc3)C(=O)C2=O)ccc(O)c1O. The second kappa shape index (κ2) is 15.5. The van der Waals surface area contributed by atoms with Crippen molar-refractivity contribution in [2.75, 3.05) is 26.2 Å². The predicted molar refractivity (Wildman–Crippen MR) is 182 cm³/mol. The van der Waals surface area contributed by atoms with Crippen molar-refractivity contribution < 1.29 is 72.5 Å². The molecule has 3 aromatic carbocycles. The number of carboxylic acids is 1. The van der Waals surface area contributed by atoms with Crippen molar-refractivity contribution in [3.05, 3.63) is 82.2 Å². The number of phenols is 2.